The van der Waals surface area contributed by atoms with Crippen molar-refractivity contribution in [1.29, 1.82) is 0 Å². The Hall–Kier alpha value is -0.240. The largest absolute Gasteiger partial charge is 0.394 e. The zero-order chi connectivity index (χ0) is 12.5. The summed E-state index contributed by atoms with van der Waals surface area (Å²) in [6.07, 6.45) is 0.490. The molecule has 0 amide bonds. The summed E-state index contributed by atoms with van der Waals surface area (Å²) in [5, 5.41) is 38.4. The fourth-order valence-electron chi connectivity index (χ4n) is 2.47. The third-order valence-corrected chi connectivity index (χ3v) is 3.52. The van der Waals surface area contributed by atoms with Crippen LogP contribution in [0, 0.1) is 0 Å². The van der Waals surface area contributed by atoms with Crippen molar-refractivity contribution in [2.75, 3.05) is 6.61 Å². The topological polar surface area (TPSA) is 99.4 Å². The molecule has 4 N–H and O–H groups in total. The van der Waals surface area contributed by atoms with Crippen LogP contribution < -0.4 is 0 Å². The minimum Gasteiger partial charge on any atom is -0.394 e. The fourth-order valence-corrected chi connectivity index (χ4v) is 2.47. The van der Waals surface area contributed by atoms with E-state index >= 15 is 0 Å². The van der Waals surface area contributed by atoms with Gasteiger partial charge in [-0.05, 0) is 12.8 Å². The SMILES string of the molecule is OC[C@H]1OC(O)[C@@](O)(OC2CCCCC2)[C@H]1O. The van der Waals surface area contributed by atoms with Gasteiger partial charge in [-0.15, -0.1) is 0 Å². The molecule has 1 saturated carbocycles. The Morgan fingerprint density at radius 2 is 1.82 bits per heavy atom. The van der Waals surface area contributed by atoms with Crippen molar-refractivity contribution in [2.24, 2.45) is 0 Å². The summed E-state index contributed by atoms with van der Waals surface area (Å²) in [4.78, 5) is 0. The van der Waals surface area contributed by atoms with Crippen LogP contribution >= 0.6 is 0 Å². The summed E-state index contributed by atoms with van der Waals surface area (Å²) >= 11 is 0. The number of ether oxygens (including phenoxy) is 2. The van der Waals surface area contributed by atoms with Crippen LogP contribution in [0.15, 0.2) is 0 Å². The van der Waals surface area contributed by atoms with Gasteiger partial charge in [-0.3, -0.25) is 0 Å². The standard InChI is InChI=1S/C11H20O6/c12-6-8-9(13)11(15,10(14)16-8)17-7-4-2-1-3-5-7/h7-10,12-15H,1-6H2/t8-,9+,10?,11+/m1/s1. The molecule has 4 atom stereocenters. The third kappa shape index (κ3) is 2.47. The molecule has 1 unspecified atom stereocenters. The minimum absolute atomic E-state index is 0.181. The Morgan fingerprint density at radius 1 is 1.18 bits per heavy atom. The van der Waals surface area contributed by atoms with Crippen LogP contribution in [0.1, 0.15) is 32.1 Å². The second kappa shape index (κ2) is 5.17. The number of aliphatic hydroxyl groups is 4. The Morgan fingerprint density at radius 3 is 2.35 bits per heavy atom. The van der Waals surface area contributed by atoms with E-state index in [1.807, 2.05) is 0 Å². The highest BCUT2D eigenvalue weighted by molar-refractivity contribution is 4.94. The van der Waals surface area contributed by atoms with E-state index in [0.717, 1.165) is 32.1 Å². The lowest BCUT2D eigenvalue weighted by molar-refractivity contribution is -0.323. The zero-order valence-corrected chi connectivity index (χ0v) is 9.66. The van der Waals surface area contributed by atoms with Crippen LogP contribution in [-0.4, -0.2) is 57.4 Å². The van der Waals surface area contributed by atoms with Gasteiger partial charge in [0, 0.05) is 0 Å². The molecule has 0 spiro atoms. The number of hydrogen-bond donors (Lipinski definition) is 4. The molecular formula is C11H20O6. The highest BCUT2D eigenvalue weighted by Crippen LogP contribution is 2.34. The van der Waals surface area contributed by atoms with E-state index in [4.69, 9.17) is 14.6 Å². The molecule has 100 valence electrons. The van der Waals surface area contributed by atoms with Gasteiger partial charge in [0.05, 0.1) is 12.7 Å². The predicted octanol–water partition coefficient (Wildman–Crippen LogP) is -0.905. The number of aliphatic hydroxyl groups excluding tert-OH is 3. The van der Waals surface area contributed by atoms with Gasteiger partial charge in [0.2, 0.25) is 12.1 Å². The van der Waals surface area contributed by atoms with Crippen molar-refractivity contribution >= 4 is 0 Å². The molecule has 1 heterocycles. The van der Waals surface area contributed by atoms with Gasteiger partial charge in [-0.25, -0.2) is 0 Å². The fraction of sp³-hybridized carbons (Fsp3) is 1.00. The lowest BCUT2D eigenvalue weighted by atomic mass is 9.97. The summed E-state index contributed by atoms with van der Waals surface area (Å²) in [5.41, 5.74) is 0. The molecule has 0 aromatic carbocycles. The molecule has 1 aliphatic carbocycles. The van der Waals surface area contributed by atoms with Crippen LogP contribution in [0.2, 0.25) is 0 Å². The maximum Gasteiger partial charge on any atom is 0.247 e. The average molecular weight is 248 g/mol. The second-order valence-corrected chi connectivity index (χ2v) is 4.78. The summed E-state index contributed by atoms with van der Waals surface area (Å²) in [5.74, 6) is -2.13. The Bertz CT molecular complexity index is 254. The minimum atomic E-state index is -2.13. The molecule has 0 aromatic rings. The number of rotatable bonds is 3. The molecule has 1 aliphatic heterocycles. The lowest BCUT2D eigenvalue weighted by Crippen LogP contribution is -2.53. The molecule has 0 bridgehead atoms. The van der Waals surface area contributed by atoms with Gasteiger partial charge in [0.15, 0.2) is 0 Å². The van der Waals surface area contributed by atoms with Crippen LogP contribution in [0.4, 0.5) is 0 Å². The Balaban J connectivity index is 2.01. The molecular weight excluding hydrogens is 228 g/mol. The molecule has 1 saturated heterocycles. The monoisotopic (exact) mass is 248 g/mol. The van der Waals surface area contributed by atoms with E-state index in [1.54, 1.807) is 0 Å². The van der Waals surface area contributed by atoms with Crippen LogP contribution in [0.25, 0.3) is 0 Å². The van der Waals surface area contributed by atoms with Crippen molar-refractivity contribution in [3.8, 4) is 0 Å². The van der Waals surface area contributed by atoms with Crippen LogP contribution in [0.5, 0.6) is 0 Å². The molecule has 17 heavy (non-hydrogen) atoms. The summed E-state index contributed by atoms with van der Waals surface area (Å²) in [7, 11) is 0. The van der Waals surface area contributed by atoms with E-state index in [1.165, 1.54) is 0 Å². The highest BCUT2D eigenvalue weighted by atomic mass is 16.7. The third-order valence-electron chi connectivity index (χ3n) is 3.52. The summed E-state index contributed by atoms with van der Waals surface area (Å²) in [6.45, 7) is -0.478. The van der Waals surface area contributed by atoms with Crippen molar-refractivity contribution in [3.63, 3.8) is 0 Å². The molecule has 0 radical (unpaired) electrons. The first kappa shape index (κ1) is 13.2. The van der Waals surface area contributed by atoms with Crippen molar-refractivity contribution in [1.82, 2.24) is 0 Å². The molecule has 6 heteroatoms. The Labute approximate surface area is 99.8 Å². The van der Waals surface area contributed by atoms with E-state index < -0.39 is 30.9 Å². The number of hydrogen-bond acceptors (Lipinski definition) is 6. The van der Waals surface area contributed by atoms with Crippen molar-refractivity contribution in [3.05, 3.63) is 0 Å². The van der Waals surface area contributed by atoms with Gasteiger partial charge in [0.1, 0.15) is 12.2 Å². The molecule has 6 nitrogen and oxygen atoms in total. The average Bonchev–Trinajstić information content (AvgIpc) is 2.55. The molecule has 2 rings (SSSR count). The first-order chi connectivity index (χ1) is 8.08. The van der Waals surface area contributed by atoms with E-state index in [0.29, 0.717) is 0 Å². The predicted molar refractivity (Wildman–Crippen MR) is 56.9 cm³/mol. The van der Waals surface area contributed by atoms with Gasteiger partial charge in [-0.1, -0.05) is 19.3 Å². The van der Waals surface area contributed by atoms with Gasteiger partial charge in [0.25, 0.3) is 0 Å². The zero-order valence-electron chi connectivity index (χ0n) is 9.66. The van der Waals surface area contributed by atoms with Crippen LogP contribution in [0.3, 0.4) is 0 Å². The second-order valence-electron chi connectivity index (χ2n) is 4.78. The summed E-state index contributed by atoms with van der Waals surface area (Å²) in [6, 6.07) is 0. The van der Waals surface area contributed by atoms with Crippen molar-refractivity contribution < 1.29 is 29.9 Å². The first-order valence-corrected chi connectivity index (χ1v) is 6.10. The highest BCUT2D eigenvalue weighted by Gasteiger charge is 2.57. The van der Waals surface area contributed by atoms with E-state index in [-0.39, 0.29) is 6.10 Å². The molecule has 2 aliphatic rings. The van der Waals surface area contributed by atoms with Gasteiger partial charge in [-0.2, -0.15) is 0 Å². The van der Waals surface area contributed by atoms with E-state index in [9.17, 15) is 15.3 Å². The smallest absolute Gasteiger partial charge is 0.247 e. The normalized spacial score (nSPS) is 44.1. The van der Waals surface area contributed by atoms with E-state index in [2.05, 4.69) is 0 Å². The first-order valence-electron chi connectivity index (χ1n) is 6.10. The van der Waals surface area contributed by atoms with Gasteiger partial charge < -0.3 is 29.9 Å². The quantitative estimate of drug-likeness (QED) is 0.483. The van der Waals surface area contributed by atoms with Crippen molar-refractivity contribution in [2.45, 2.75) is 62.5 Å². The van der Waals surface area contributed by atoms with Crippen LogP contribution in [-0.2, 0) is 9.47 Å². The Kier molecular flexibility index (Phi) is 4.02. The summed E-state index contributed by atoms with van der Waals surface area (Å²) < 4.78 is 10.3. The molecule has 2 fully saturated rings. The molecule has 0 aromatic heterocycles. The maximum atomic E-state index is 10.1. The maximum absolute atomic E-state index is 10.1. The lowest BCUT2D eigenvalue weighted by Gasteiger charge is -2.34. The van der Waals surface area contributed by atoms with Gasteiger partial charge >= 0.3 is 0 Å².